The molecule has 0 unspecified atom stereocenters. The molecule has 3 N–H and O–H groups in total. The summed E-state index contributed by atoms with van der Waals surface area (Å²) in [6.07, 6.45) is 0.826. The molecule has 1 aromatic carbocycles. The van der Waals surface area contributed by atoms with E-state index in [1.165, 1.54) is 11.1 Å². The normalized spacial score (nSPS) is 11.7. The Morgan fingerprint density at radius 3 is 2.52 bits per heavy atom. The minimum Gasteiger partial charge on any atom is -0.370 e. The first kappa shape index (κ1) is 15.1. The van der Waals surface area contributed by atoms with Gasteiger partial charge in [0.2, 0.25) is 0 Å². The number of aryl methyl sites for hydroxylation is 4. The van der Waals surface area contributed by atoms with Gasteiger partial charge in [0, 0.05) is 11.3 Å². The molecule has 0 aliphatic carbocycles. The molecule has 0 saturated heterocycles. The number of hydrogen-bond donors (Lipinski definition) is 2. The third kappa shape index (κ3) is 3.84. The van der Waals surface area contributed by atoms with Crippen molar-refractivity contribution in [3.63, 3.8) is 0 Å². The van der Waals surface area contributed by atoms with Crippen LogP contribution in [-0.2, 0) is 13.0 Å². The average molecular weight is 286 g/mol. The largest absolute Gasteiger partial charge is 0.370 e. The molecule has 0 aliphatic heterocycles. The van der Waals surface area contributed by atoms with E-state index in [1.54, 1.807) is 0 Å². The molecular weight excluding hydrogens is 264 g/mol. The molecule has 1 heterocycles. The molecule has 1 aromatic heterocycles. The van der Waals surface area contributed by atoms with Crippen LogP contribution in [-0.4, -0.2) is 11.1 Å². The van der Waals surface area contributed by atoms with Gasteiger partial charge in [-0.05, 0) is 50.5 Å². The van der Waals surface area contributed by atoms with Crippen molar-refractivity contribution in [3.05, 3.63) is 46.3 Å². The lowest BCUT2D eigenvalue weighted by molar-refractivity contribution is 0.390. The second-order valence-corrected chi connectivity index (χ2v) is 5.22. The standard InChI is InChI=1S/C16H22N4O/c1-5-15-14(12(4)21-20-15)9-18-16(17)19-13-7-10(2)6-11(3)8-13/h6-8H,5,9H2,1-4H3,(H3,17,18,19). The van der Waals surface area contributed by atoms with Crippen molar-refractivity contribution in [2.75, 3.05) is 5.32 Å². The Bertz CT molecular complexity index is 638. The maximum atomic E-state index is 5.95. The molecule has 0 radical (unpaired) electrons. The Morgan fingerprint density at radius 2 is 1.90 bits per heavy atom. The highest BCUT2D eigenvalue weighted by Crippen LogP contribution is 2.16. The fourth-order valence-corrected chi connectivity index (χ4v) is 2.32. The van der Waals surface area contributed by atoms with E-state index in [0.717, 1.165) is 29.1 Å². The van der Waals surface area contributed by atoms with Gasteiger partial charge in [-0.15, -0.1) is 0 Å². The van der Waals surface area contributed by atoms with Gasteiger partial charge in [-0.1, -0.05) is 18.1 Å². The van der Waals surface area contributed by atoms with Gasteiger partial charge < -0.3 is 15.6 Å². The molecule has 0 saturated carbocycles. The first-order valence-corrected chi connectivity index (χ1v) is 7.09. The Hall–Kier alpha value is -2.30. The molecule has 0 bridgehead atoms. The molecule has 0 amide bonds. The van der Waals surface area contributed by atoms with Crippen LogP contribution >= 0.6 is 0 Å². The number of guanidine groups is 1. The van der Waals surface area contributed by atoms with E-state index in [-0.39, 0.29) is 0 Å². The zero-order valence-corrected chi connectivity index (χ0v) is 13.0. The minimum absolute atomic E-state index is 0.391. The van der Waals surface area contributed by atoms with Crippen LogP contribution in [0.4, 0.5) is 5.69 Å². The number of benzene rings is 1. The lowest BCUT2D eigenvalue weighted by Gasteiger charge is -2.08. The van der Waals surface area contributed by atoms with E-state index in [1.807, 2.05) is 26.0 Å². The number of aromatic nitrogens is 1. The smallest absolute Gasteiger partial charge is 0.193 e. The monoisotopic (exact) mass is 286 g/mol. The highest BCUT2D eigenvalue weighted by molar-refractivity contribution is 5.92. The van der Waals surface area contributed by atoms with Crippen LogP contribution in [0.15, 0.2) is 27.7 Å². The molecule has 0 atom stereocenters. The van der Waals surface area contributed by atoms with Crippen molar-refractivity contribution < 1.29 is 4.52 Å². The Morgan fingerprint density at radius 1 is 1.24 bits per heavy atom. The van der Waals surface area contributed by atoms with E-state index < -0.39 is 0 Å². The van der Waals surface area contributed by atoms with Gasteiger partial charge in [-0.3, -0.25) is 0 Å². The van der Waals surface area contributed by atoms with E-state index >= 15 is 0 Å². The SMILES string of the molecule is CCc1noc(C)c1CN=C(N)Nc1cc(C)cc(C)c1. The number of nitrogens with one attached hydrogen (secondary N) is 1. The highest BCUT2D eigenvalue weighted by Gasteiger charge is 2.10. The molecule has 0 fully saturated rings. The Balaban J connectivity index is 2.09. The van der Waals surface area contributed by atoms with Crippen molar-refractivity contribution in [3.8, 4) is 0 Å². The summed E-state index contributed by atoms with van der Waals surface area (Å²) < 4.78 is 5.19. The van der Waals surface area contributed by atoms with Crippen LogP contribution in [0.2, 0.25) is 0 Å². The summed E-state index contributed by atoms with van der Waals surface area (Å²) in [4.78, 5) is 4.37. The van der Waals surface area contributed by atoms with Crippen molar-refractivity contribution in [1.82, 2.24) is 5.16 Å². The average Bonchev–Trinajstić information content (AvgIpc) is 2.75. The first-order valence-electron chi connectivity index (χ1n) is 7.09. The summed E-state index contributed by atoms with van der Waals surface area (Å²) in [7, 11) is 0. The zero-order valence-electron chi connectivity index (χ0n) is 13.0. The number of nitrogens with two attached hydrogens (primary N) is 1. The molecule has 0 spiro atoms. The van der Waals surface area contributed by atoms with Crippen LogP contribution in [0.1, 0.15) is 35.1 Å². The number of rotatable bonds is 4. The molecule has 0 aliphatic rings. The quantitative estimate of drug-likeness (QED) is 0.669. The molecule has 2 rings (SSSR count). The topological polar surface area (TPSA) is 76.4 Å². The Labute approximate surface area is 125 Å². The summed E-state index contributed by atoms with van der Waals surface area (Å²) in [5.74, 6) is 1.19. The minimum atomic E-state index is 0.391. The number of aliphatic imine (C=N–C) groups is 1. The first-order chi connectivity index (χ1) is 9.99. The predicted molar refractivity (Wildman–Crippen MR) is 85.5 cm³/mol. The fraction of sp³-hybridized carbons (Fsp3) is 0.375. The van der Waals surface area contributed by atoms with Gasteiger partial charge in [0.1, 0.15) is 5.76 Å². The lowest BCUT2D eigenvalue weighted by atomic mass is 10.1. The van der Waals surface area contributed by atoms with Gasteiger partial charge >= 0.3 is 0 Å². The zero-order chi connectivity index (χ0) is 15.4. The third-order valence-electron chi connectivity index (χ3n) is 3.30. The third-order valence-corrected chi connectivity index (χ3v) is 3.30. The Kier molecular flexibility index (Phi) is 4.62. The van der Waals surface area contributed by atoms with Crippen molar-refractivity contribution in [2.24, 2.45) is 10.7 Å². The maximum absolute atomic E-state index is 5.95. The van der Waals surface area contributed by atoms with Crippen molar-refractivity contribution in [2.45, 2.75) is 40.7 Å². The highest BCUT2D eigenvalue weighted by atomic mass is 16.5. The fourth-order valence-electron chi connectivity index (χ4n) is 2.32. The van der Waals surface area contributed by atoms with E-state index in [4.69, 9.17) is 10.3 Å². The molecule has 112 valence electrons. The molecule has 5 heteroatoms. The second-order valence-electron chi connectivity index (χ2n) is 5.22. The van der Waals surface area contributed by atoms with Gasteiger partial charge in [0.25, 0.3) is 0 Å². The summed E-state index contributed by atoms with van der Waals surface area (Å²) in [5.41, 5.74) is 11.2. The van der Waals surface area contributed by atoms with Gasteiger partial charge in [0.15, 0.2) is 5.96 Å². The molecule has 21 heavy (non-hydrogen) atoms. The summed E-state index contributed by atoms with van der Waals surface area (Å²) >= 11 is 0. The summed E-state index contributed by atoms with van der Waals surface area (Å²) in [6.45, 7) is 8.52. The van der Waals surface area contributed by atoms with Crippen molar-refractivity contribution >= 4 is 11.6 Å². The predicted octanol–water partition coefficient (Wildman–Crippen LogP) is 3.09. The number of nitrogens with zero attached hydrogens (tertiary/aromatic N) is 2. The van der Waals surface area contributed by atoms with E-state index in [0.29, 0.717) is 12.5 Å². The summed E-state index contributed by atoms with van der Waals surface area (Å²) in [5, 5.41) is 7.13. The molecule has 5 nitrogen and oxygen atoms in total. The van der Waals surface area contributed by atoms with Crippen LogP contribution < -0.4 is 11.1 Å². The second kappa shape index (κ2) is 6.43. The van der Waals surface area contributed by atoms with Gasteiger partial charge in [-0.2, -0.15) is 0 Å². The van der Waals surface area contributed by atoms with Crippen LogP contribution in [0, 0.1) is 20.8 Å². The van der Waals surface area contributed by atoms with Gasteiger partial charge in [0.05, 0.1) is 12.2 Å². The number of anilines is 1. The van der Waals surface area contributed by atoms with Crippen molar-refractivity contribution in [1.29, 1.82) is 0 Å². The van der Waals surface area contributed by atoms with Gasteiger partial charge in [-0.25, -0.2) is 4.99 Å². The molecular formula is C16H22N4O. The van der Waals surface area contributed by atoms with E-state index in [2.05, 4.69) is 35.4 Å². The van der Waals surface area contributed by atoms with Crippen LogP contribution in [0.5, 0.6) is 0 Å². The number of hydrogen-bond acceptors (Lipinski definition) is 3. The lowest BCUT2D eigenvalue weighted by Crippen LogP contribution is -2.22. The summed E-state index contributed by atoms with van der Waals surface area (Å²) in [6, 6.07) is 6.20. The van der Waals surface area contributed by atoms with Crippen LogP contribution in [0.25, 0.3) is 0 Å². The van der Waals surface area contributed by atoms with Crippen LogP contribution in [0.3, 0.4) is 0 Å². The molecule has 2 aromatic rings. The maximum Gasteiger partial charge on any atom is 0.193 e. The van der Waals surface area contributed by atoms with E-state index in [9.17, 15) is 0 Å².